The van der Waals surface area contributed by atoms with Crippen molar-refractivity contribution in [3.8, 4) is 0 Å². The molecule has 0 spiro atoms. The van der Waals surface area contributed by atoms with Crippen LogP contribution in [0.4, 0.5) is 4.39 Å². The average molecular weight is 438 g/mol. The third-order valence-electron chi connectivity index (χ3n) is 6.28. The van der Waals surface area contributed by atoms with Crippen molar-refractivity contribution in [2.75, 3.05) is 39.3 Å². The maximum atomic E-state index is 14.7. The van der Waals surface area contributed by atoms with E-state index in [9.17, 15) is 14.0 Å². The highest BCUT2D eigenvalue weighted by molar-refractivity contribution is 6.31. The highest BCUT2D eigenvalue weighted by Gasteiger charge is 2.38. The summed E-state index contributed by atoms with van der Waals surface area (Å²) < 4.78 is 20.3. The number of halogens is 2. The summed E-state index contributed by atoms with van der Waals surface area (Å²) in [6, 6.07) is 4.25. The predicted molar refractivity (Wildman–Crippen MR) is 112 cm³/mol. The molecule has 1 aromatic rings. The van der Waals surface area contributed by atoms with Crippen molar-refractivity contribution in [2.45, 2.75) is 38.3 Å². The van der Waals surface area contributed by atoms with E-state index in [4.69, 9.17) is 16.3 Å². The Morgan fingerprint density at radius 1 is 1.37 bits per heavy atom. The molecule has 2 heterocycles. The van der Waals surface area contributed by atoms with Crippen molar-refractivity contribution in [1.29, 1.82) is 0 Å². The van der Waals surface area contributed by atoms with Crippen molar-refractivity contribution in [1.82, 2.24) is 15.1 Å². The van der Waals surface area contributed by atoms with Crippen LogP contribution in [0.1, 0.15) is 37.8 Å². The first kappa shape index (κ1) is 21.5. The summed E-state index contributed by atoms with van der Waals surface area (Å²) in [5, 5.41) is 3.32. The topological polar surface area (TPSA) is 61.9 Å². The van der Waals surface area contributed by atoms with Crippen molar-refractivity contribution >= 4 is 23.4 Å². The molecule has 3 aliphatic rings. The van der Waals surface area contributed by atoms with Crippen LogP contribution >= 0.6 is 11.6 Å². The van der Waals surface area contributed by atoms with Gasteiger partial charge in [-0.1, -0.05) is 17.7 Å². The minimum absolute atomic E-state index is 0.0194. The van der Waals surface area contributed by atoms with Crippen LogP contribution in [0.25, 0.3) is 0 Å². The Labute approximate surface area is 181 Å². The Morgan fingerprint density at radius 3 is 2.87 bits per heavy atom. The van der Waals surface area contributed by atoms with Gasteiger partial charge in [-0.2, -0.15) is 0 Å². The summed E-state index contributed by atoms with van der Waals surface area (Å²) in [6.07, 6.45) is 2.61. The minimum atomic E-state index is -0.395. The summed E-state index contributed by atoms with van der Waals surface area (Å²) in [5.41, 5.74) is 0.395. The molecule has 1 saturated carbocycles. The molecule has 1 aromatic carbocycles. The van der Waals surface area contributed by atoms with Crippen molar-refractivity contribution < 1.29 is 18.7 Å². The lowest BCUT2D eigenvalue weighted by molar-refractivity contribution is -0.129. The van der Waals surface area contributed by atoms with Gasteiger partial charge in [0.25, 0.3) is 0 Å². The van der Waals surface area contributed by atoms with Gasteiger partial charge in [-0.15, -0.1) is 0 Å². The molecule has 0 radical (unpaired) electrons. The third-order valence-corrected chi connectivity index (χ3v) is 6.61. The number of ether oxygens (including phenoxy) is 1. The van der Waals surface area contributed by atoms with E-state index in [0.717, 1.165) is 6.54 Å². The molecule has 164 valence electrons. The molecule has 3 fully saturated rings. The number of rotatable bonds is 7. The van der Waals surface area contributed by atoms with Crippen molar-refractivity contribution in [2.24, 2.45) is 11.8 Å². The van der Waals surface area contributed by atoms with Gasteiger partial charge in [-0.25, -0.2) is 4.39 Å². The molecule has 30 heavy (non-hydrogen) atoms. The van der Waals surface area contributed by atoms with E-state index in [1.165, 1.54) is 18.9 Å². The number of carbonyl (C=O) groups is 2. The Hall–Kier alpha value is -1.70. The van der Waals surface area contributed by atoms with Crippen LogP contribution in [0.5, 0.6) is 0 Å². The van der Waals surface area contributed by atoms with Gasteiger partial charge in [0, 0.05) is 49.7 Å². The van der Waals surface area contributed by atoms with Crippen LogP contribution in [0.15, 0.2) is 18.2 Å². The Balaban J connectivity index is 1.44. The summed E-state index contributed by atoms with van der Waals surface area (Å²) >= 11 is 6.35. The van der Waals surface area contributed by atoms with Gasteiger partial charge in [-0.3, -0.25) is 14.5 Å². The summed E-state index contributed by atoms with van der Waals surface area (Å²) in [4.78, 5) is 29.0. The van der Waals surface area contributed by atoms with Crippen LogP contribution in [0.3, 0.4) is 0 Å². The van der Waals surface area contributed by atoms with Gasteiger partial charge in [0.05, 0.1) is 24.7 Å². The van der Waals surface area contributed by atoms with Crippen LogP contribution in [-0.4, -0.2) is 67.0 Å². The number of carbonyl (C=O) groups excluding carboxylic acids is 2. The normalized spacial score (nSPS) is 26.1. The molecule has 6 nitrogen and oxygen atoms in total. The Bertz CT molecular complexity index is 784. The number of likely N-dealkylation sites (tertiary alicyclic amines) is 1. The van der Waals surface area contributed by atoms with Gasteiger partial charge < -0.3 is 15.0 Å². The number of hydrogen-bond donors (Lipinski definition) is 1. The Morgan fingerprint density at radius 2 is 2.17 bits per heavy atom. The molecule has 1 aliphatic carbocycles. The molecule has 3 atom stereocenters. The number of morpholine rings is 1. The highest BCUT2D eigenvalue weighted by atomic mass is 35.5. The molecule has 2 aliphatic heterocycles. The van der Waals surface area contributed by atoms with Gasteiger partial charge in [0.2, 0.25) is 11.8 Å². The van der Waals surface area contributed by atoms with E-state index >= 15 is 0 Å². The van der Waals surface area contributed by atoms with Crippen molar-refractivity contribution in [3.63, 3.8) is 0 Å². The standard InChI is InChI=1S/C22H29ClFN3O3/c1-14-11-26(7-8-30-14)19(21-17(23)3-2-4-18(21)24)10-25-22(29)16-9-20(28)27(13-16)12-15-5-6-15/h2-4,14-16,19H,5-13H2,1H3,(H,25,29)/t14-,16-,19-/m1/s1. The monoisotopic (exact) mass is 437 g/mol. The lowest BCUT2D eigenvalue weighted by atomic mass is 10.0. The molecule has 1 N–H and O–H groups in total. The third kappa shape index (κ3) is 4.95. The zero-order valence-corrected chi connectivity index (χ0v) is 18.0. The molecule has 0 bridgehead atoms. The molecule has 2 saturated heterocycles. The smallest absolute Gasteiger partial charge is 0.225 e. The first-order valence-electron chi connectivity index (χ1n) is 10.8. The molecule has 0 unspecified atom stereocenters. The average Bonchev–Trinajstić information content (AvgIpc) is 3.45. The molecule has 2 amide bonds. The summed E-state index contributed by atoms with van der Waals surface area (Å²) in [5.74, 6) is -0.228. The van der Waals surface area contributed by atoms with Gasteiger partial charge in [0.15, 0.2) is 0 Å². The van der Waals surface area contributed by atoms with Crippen LogP contribution < -0.4 is 5.32 Å². The van der Waals surface area contributed by atoms with Crippen LogP contribution in [0.2, 0.25) is 5.02 Å². The maximum Gasteiger partial charge on any atom is 0.225 e. The van der Waals surface area contributed by atoms with E-state index in [-0.39, 0.29) is 42.6 Å². The largest absolute Gasteiger partial charge is 0.376 e. The maximum absolute atomic E-state index is 14.7. The highest BCUT2D eigenvalue weighted by Crippen LogP contribution is 2.33. The number of benzene rings is 1. The van der Waals surface area contributed by atoms with Crippen molar-refractivity contribution in [3.05, 3.63) is 34.6 Å². The Kier molecular flexibility index (Phi) is 6.60. The number of nitrogens with one attached hydrogen (secondary N) is 1. The van der Waals surface area contributed by atoms with E-state index in [0.29, 0.717) is 42.7 Å². The zero-order chi connectivity index (χ0) is 21.3. The number of hydrogen-bond acceptors (Lipinski definition) is 4. The van der Waals surface area contributed by atoms with Gasteiger partial charge in [0.1, 0.15) is 5.82 Å². The van der Waals surface area contributed by atoms with Gasteiger partial charge >= 0.3 is 0 Å². The fourth-order valence-electron chi connectivity index (χ4n) is 4.45. The van der Waals surface area contributed by atoms with Crippen LogP contribution in [-0.2, 0) is 14.3 Å². The second kappa shape index (κ2) is 9.20. The summed E-state index contributed by atoms with van der Waals surface area (Å²) in [6.45, 7) is 5.26. The van der Waals surface area contributed by atoms with E-state index in [2.05, 4.69) is 10.2 Å². The van der Waals surface area contributed by atoms with Gasteiger partial charge in [-0.05, 0) is 37.8 Å². The first-order chi connectivity index (χ1) is 14.4. The molecular weight excluding hydrogens is 409 g/mol. The fraction of sp³-hybridized carbons (Fsp3) is 0.636. The predicted octanol–water partition coefficient (Wildman–Crippen LogP) is 2.62. The first-order valence-corrected chi connectivity index (χ1v) is 11.1. The minimum Gasteiger partial charge on any atom is -0.376 e. The SMILES string of the molecule is C[C@@H]1CN([C@H](CNC(=O)[C@@H]2CC(=O)N(CC3CC3)C2)c2c(F)cccc2Cl)CCO1. The molecule has 0 aromatic heterocycles. The van der Waals surface area contributed by atoms with E-state index < -0.39 is 6.04 Å². The molecular formula is C22H29ClFN3O3. The molecule has 8 heteroatoms. The lowest BCUT2D eigenvalue weighted by Crippen LogP contribution is -2.47. The fourth-order valence-corrected chi connectivity index (χ4v) is 4.74. The second-order valence-corrected chi connectivity index (χ2v) is 9.12. The summed E-state index contributed by atoms with van der Waals surface area (Å²) in [7, 11) is 0. The second-order valence-electron chi connectivity index (χ2n) is 8.72. The number of amides is 2. The molecule has 4 rings (SSSR count). The zero-order valence-electron chi connectivity index (χ0n) is 17.3. The van der Waals surface area contributed by atoms with E-state index in [1.54, 1.807) is 12.1 Å². The van der Waals surface area contributed by atoms with Crippen LogP contribution in [0, 0.1) is 17.7 Å². The number of nitrogens with zero attached hydrogens (tertiary/aromatic N) is 2. The lowest BCUT2D eigenvalue weighted by Gasteiger charge is -2.38. The van der Waals surface area contributed by atoms with E-state index in [1.807, 2.05) is 11.8 Å². The quantitative estimate of drug-likeness (QED) is 0.712.